The summed E-state index contributed by atoms with van der Waals surface area (Å²) in [5.74, 6) is 0.516. The molecule has 1 aliphatic rings. The van der Waals surface area contributed by atoms with E-state index in [0.717, 1.165) is 30.6 Å². The minimum absolute atomic E-state index is 0.144. The molecule has 4 nitrogen and oxygen atoms in total. The summed E-state index contributed by atoms with van der Waals surface area (Å²) in [6.07, 6.45) is 7.45. The SMILES string of the molecule is O=C(CC1CCc2ccccc21)NCCc1cnc2ccccn12. The number of nitrogens with zero attached hydrogens (tertiary/aromatic N) is 2. The molecule has 3 aromatic rings. The van der Waals surface area contributed by atoms with Gasteiger partial charge in [0.05, 0.1) is 0 Å². The molecule has 1 unspecified atom stereocenters. The lowest BCUT2D eigenvalue weighted by atomic mass is 9.97. The summed E-state index contributed by atoms with van der Waals surface area (Å²) in [6.45, 7) is 0.649. The summed E-state index contributed by atoms with van der Waals surface area (Å²) in [5.41, 5.74) is 4.83. The molecule has 1 amide bonds. The van der Waals surface area contributed by atoms with Crippen molar-refractivity contribution in [1.82, 2.24) is 14.7 Å². The van der Waals surface area contributed by atoms with Gasteiger partial charge in [0.2, 0.25) is 5.91 Å². The fourth-order valence-corrected chi connectivity index (χ4v) is 3.65. The van der Waals surface area contributed by atoms with Gasteiger partial charge in [-0.2, -0.15) is 0 Å². The number of fused-ring (bicyclic) bond motifs is 2. The third-order valence-electron chi connectivity index (χ3n) is 4.89. The fraction of sp³-hybridized carbons (Fsp3) is 0.300. The number of hydrogen-bond acceptors (Lipinski definition) is 2. The van der Waals surface area contributed by atoms with Gasteiger partial charge in [0.25, 0.3) is 0 Å². The van der Waals surface area contributed by atoms with E-state index in [-0.39, 0.29) is 5.91 Å². The average molecular weight is 319 g/mol. The molecule has 24 heavy (non-hydrogen) atoms. The highest BCUT2D eigenvalue weighted by Crippen LogP contribution is 2.34. The van der Waals surface area contributed by atoms with E-state index in [9.17, 15) is 4.79 Å². The van der Waals surface area contributed by atoms with E-state index in [1.54, 1.807) is 0 Å². The molecule has 4 rings (SSSR count). The van der Waals surface area contributed by atoms with Gasteiger partial charge in [0.1, 0.15) is 5.65 Å². The second kappa shape index (κ2) is 6.48. The number of aryl methyl sites for hydroxylation is 1. The van der Waals surface area contributed by atoms with Crippen LogP contribution in [0.25, 0.3) is 5.65 Å². The first-order valence-electron chi connectivity index (χ1n) is 8.57. The fourth-order valence-electron chi connectivity index (χ4n) is 3.65. The standard InChI is InChI=1S/C20H21N3O/c24-20(13-16-9-8-15-5-1-2-6-18(15)16)21-11-10-17-14-22-19-7-3-4-12-23(17)19/h1-7,12,14,16H,8-11,13H2,(H,21,24). The summed E-state index contributed by atoms with van der Waals surface area (Å²) in [6, 6.07) is 14.5. The zero-order chi connectivity index (χ0) is 16.4. The summed E-state index contributed by atoms with van der Waals surface area (Å²) in [7, 11) is 0. The largest absolute Gasteiger partial charge is 0.356 e. The van der Waals surface area contributed by atoms with Crippen LogP contribution in [0.15, 0.2) is 54.9 Å². The van der Waals surface area contributed by atoms with Crippen LogP contribution in [0.5, 0.6) is 0 Å². The van der Waals surface area contributed by atoms with E-state index in [2.05, 4.69) is 39.0 Å². The van der Waals surface area contributed by atoms with Crippen LogP contribution in [0, 0.1) is 0 Å². The molecule has 0 aliphatic heterocycles. The lowest BCUT2D eigenvalue weighted by molar-refractivity contribution is -0.121. The summed E-state index contributed by atoms with van der Waals surface area (Å²) in [5, 5.41) is 3.06. The number of rotatable bonds is 5. The number of hydrogen-bond donors (Lipinski definition) is 1. The highest BCUT2D eigenvalue weighted by molar-refractivity contribution is 5.77. The number of carbonyl (C=O) groups excluding carboxylic acids is 1. The van der Waals surface area contributed by atoms with Crippen molar-refractivity contribution < 1.29 is 4.79 Å². The Hall–Kier alpha value is -2.62. The molecule has 1 aromatic carbocycles. The van der Waals surface area contributed by atoms with Crippen molar-refractivity contribution in [2.75, 3.05) is 6.54 Å². The molecular formula is C20H21N3O. The Morgan fingerprint density at radius 1 is 1.21 bits per heavy atom. The number of carbonyl (C=O) groups is 1. The van der Waals surface area contributed by atoms with Gasteiger partial charge in [-0.15, -0.1) is 0 Å². The molecule has 2 aromatic heterocycles. The number of aromatic nitrogens is 2. The Morgan fingerprint density at radius 3 is 3.04 bits per heavy atom. The maximum atomic E-state index is 12.3. The molecule has 1 atom stereocenters. The zero-order valence-corrected chi connectivity index (χ0v) is 13.6. The van der Waals surface area contributed by atoms with Gasteiger partial charge in [-0.3, -0.25) is 4.79 Å². The van der Waals surface area contributed by atoms with Crippen molar-refractivity contribution in [2.24, 2.45) is 0 Å². The minimum atomic E-state index is 0.144. The van der Waals surface area contributed by atoms with Gasteiger partial charge < -0.3 is 9.72 Å². The van der Waals surface area contributed by atoms with Crippen LogP contribution in [0.3, 0.4) is 0 Å². The number of benzene rings is 1. The Kier molecular flexibility index (Phi) is 4.03. The summed E-state index contributed by atoms with van der Waals surface area (Å²) >= 11 is 0. The summed E-state index contributed by atoms with van der Waals surface area (Å²) in [4.78, 5) is 16.6. The first kappa shape index (κ1) is 14.9. The van der Waals surface area contributed by atoms with Crippen LogP contribution in [-0.4, -0.2) is 21.8 Å². The minimum Gasteiger partial charge on any atom is -0.356 e. The molecule has 0 radical (unpaired) electrons. The van der Waals surface area contributed by atoms with E-state index < -0.39 is 0 Å². The Balaban J connectivity index is 1.31. The van der Waals surface area contributed by atoms with Gasteiger partial charge in [0, 0.05) is 37.5 Å². The quantitative estimate of drug-likeness (QED) is 0.785. The van der Waals surface area contributed by atoms with Crippen LogP contribution in [0.1, 0.15) is 35.6 Å². The maximum Gasteiger partial charge on any atom is 0.220 e. The molecule has 1 aliphatic carbocycles. The molecule has 122 valence electrons. The zero-order valence-electron chi connectivity index (χ0n) is 13.6. The van der Waals surface area contributed by atoms with Crippen molar-refractivity contribution in [2.45, 2.75) is 31.6 Å². The third kappa shape index (κ3) is 2.92. The molecule has 0 spiro atoms. The van der Waals surface area contributed by atoms with Gasteiger partial charge >= 0.3 is 0 Å². The highest BCUT2D eigenvalue weighted by Gasteiger charge is 2.23. The van der Waals surface area contributed by atoms with E-state index >= 15 is 0 Å². The average Bonchev–Trinajstić information content (AvgIpc) is 3.20. The smallest absolute Gasteiger partial charge is 0.220 e. The highest BCUT2D eigenvalue weighted by atomic mass is 16.1. The number of pyridine rings is 1. The maximum absolute atomic E-state index is 12.3. The van der Waals surface area contributed by atoms with Crippen LogP contribution in [0.4, 0.5) is 0 Å². The second-order valence-corrected chi connectivity index (χ2v) is 6.42. The van der Waals surface area contributed by atoms with Gasteiger partial charge in [-0.1, -0.05) is 30.3 Å². The second-order valence-electron chi connectivity index (χ2n) is 6.42. The number of amides is 1. The van der Waals surface area contributed by atoms with Crippen molar-refractivity contribution in [3.63, 3.8) is 0 Å². The predicted octanol–water partition coefficient (Wildman–Crippen LogP) is 3.11. The van der Waals surface area contributed by atoms with Gasteiger partial charge in [-0.25, -0.2) is 4.98 Å². The molecular weight excluding hydrogens is 298 g/mol. The molecule has 4 heteroatoms. The first-order chi connectivity index (χ1) is 11.8. The van der Waals surface area contributed by atoms with Crippen LogP contribution >= 0.6 is 0 Å². The van der Waals surface area contributed by atoms with Crippen LogP contribution < -0.4 is 5.32 Å². The van der Waals surface area contributed by atoms with Crippen molar-refractivity contribution in [1.29, 1.82) is 0 Å². The lowest BCUT2D eigenvalue weighted by Crippen LogP contribution is -2.27. The molecule has 0 saturated carbocycles. The molecule has 2 heterocycles. The van der Waals surface area contributed by atoms with Crippen LogP contribution in [0.2, 0.25) is 0 Å². The number of imidazole rings is 1. The topological polar surface area (TPSA) is 46.4 Å². The molecule has 0 fully saturated rings. The number of nitrogens with one attached hydrogen (secondary N) is 1. The van der Waals surface area contributed by atoms with E-state index in [4.69, 9.17) is 0 Å². The Bertz CT molecular complexity index is 868. The molecule has 0 saturated heterocycles. The summed E-state index contributed by atoms with van der Waals surface area (Å²) < 4.78 is 2.07. The monoisotopic (exact) mass is 319 g/mol. The van der Waals surface area contributed by atoms with Crippen molar-refractivity contribution in [3.8, 4) is 0 Å². The van der Waals surface area contributed by atoms with Crippen molar-refractivity contribution in [3.05, 3.63) is 71.7 Å². The van der Waals surface area contributed by atoms with Gasteiger partial charge in [0.15, 0.2) is 0 Å². The van der Waals surface area contributed by atoms with E-state index in [1.165, 1.54) is 11.1 Å². The van der Waals surface area contributed by atoms with Crippen molar-refractivity contribution >= 4 is 11.6 Å². The molecule has 0 bridgehead atoms. The Labute approximate surface area is 141 Å². The normalized spacial score (nSPS) is 16.2. The predicted molar refractivity (Wildman–Crippen MR) is 94.0 cm³/mol. The lowest BCUT2D eigenvalue weighted by Gasteiger charge is -2.11. The van der Waals surface area contributed by atoms with Crippen LogP contribution in [-0.2, 0) is 17.6 Å². The molecule has 1 N–H and O–H groups in total. The van der Waals surface area contributed by atoms with E-state index in [0.29, 0.717) is 18.9 Å². The van der Waals surface area contributed by atoms with Gasteiger partial charge in [-0.05, 0) is 42.0 Å². The third-order valence-corrected chi connectivity index (χ3v) is 4.89. The van der Waals surface area contributed by atoms with E-state index in [1.807, 2.05) is 30.6 Å². The first-order valence-corrected chi connectivity index (χ1v) is 8.57. The Morgan fingerprint density at radius 2 is 2.08 bits per heavy atom.